The summed E-state index contributed by atoms with van der Waals surface area (Å²) in [5.41, 5.74) is 6.89. The first-order valence-corrected chi connectivity index (χ1v) is 8.25. The van der Waals surface area contributed by atoms with Crippen molar-refractivity contribution in [2.45, 2.75) is 70.9 Å². The van der Waals surface area contributed by atoms with Crippen molar-refractivity contribution in [1.82, 2.24) is 4.90 Å². The molecule has 1 saturated heterocycles. The van der Waals surface area contributed by atoms with Crippen LogP contribution in [0.1, 0.15) is 59.8 Å². The van der Waals surface area contributed by atoms with Crippen molar-refractivity contribution in [1.29, 1.82) is 0 Å². The van der Waals surface area contributed by atoms with Crippen LogP contribution in [0.15, 0.2) is 0 Å². The topological polar surface area (TPSA) is 38.5 Å². The van der Waals surface area contributed by atoms with Crippen LogP contribution in [-0.4, -0.2) is 42.8 Å². The van der Waals surface area contributed by atoms with E-state index in [1.807, 2.05) is 7.11 Å². The van der Waals surface area contributed by atoms with Gasteiger partial charge in [-0.25, -0.2) is 0 Å². The summed E-state index contributed by atoms with van der Waals surface area (Å²) < 4.78 is 5.79. The Morgan fingerprint density at radius 3 is 2.50 bits per heavy atom. The first-order valence-electron chi connectivity index (χ1n) is 8.25. The second kappa shape index (κ2) is 5.58. The minimum absolute atomic E-state index is 0.00521. The Labute approximate surface area is 125 Å². The summed E-state index contributed by atoms with van der Waals surface area (Å²) in [6.45, 7) is 12.5. The van der Waals surface area contributed by atoms with E-state index in [0.29, 0.717) is 5.41 Å². The van der Waals surface area contributed by atoms with Crippen LogP contribution >= 0.6 is 0 Å². The molecule has 3 atom stereocenters. The van der Waals surface area contributed by atoms with Crippen LogP contribution in [0.2, 0.25) is 0 Å². The van der Waals surface area contributed by atoms with Gasteiger partial charge in [0.25, 0.3) is 0 Å². The summed E-state index contributed by atoms with van der Waals surface area (Å²) in [6.07, 6.45) is 6.18. The van der Waals surface area contributed by atoms with E-state index in [1.54, 1.807) is 0 Å². The van der Waals surface area contributed by atoms with Crippen molar-refractivity contribution in [3.05, 3.63) is 0 Å². The van der Waals surface area contributed by atoms with Crippen molar-refractivity contribution >= 4 is 0 Å². The number of hydrogen-bond acceptors (Lipinski definition) is 3. The Morgan fingerprint density at radius 2 is 1.95 bits per heavy atom. The Kier molecular flexibility index (Phi) is 4.54. The van der Waals surface area contributed by atoms with Crippen molar-refractivity contribution in [3.8, 4) is 0 Å². The molecule has 0 amide bonds. The minimum Gasteiger partial charge on any atom is -0.377 e. The Bertz CT molecular complexity index is 344. The molecule has 1 heterocycles. The Balaban J connectivity index is 2.21. The second-order valence-corrected chi connectivity index (χ2v) is 8.46. The SMILES string of the molecule is COC1(C)CCCN(C2(CN)CC(C)CC(C)(C)C2)C1. The quantitative estimate of drug-likeness (QED) is 0.864. The molecule has 1 aliphatic carbocycles. The summed E-state index contributed by atoms with van der Waals surface area (Å²) in [4.78, 5) is 2.66. The molecule has 3 heteroatoms. The fourth-order valence-corrected chi connectivity index (χ4v) is 5.00. The van der Waals surface area contributed by atoms with Crippen molar-refractivity contribution in [3.63, 3.8) is 0 Å². The van der Waals surface area contributed by atoms with Gasteiger partial charge in [-0.15, -0.1) is 0 Å². The maximum Gasteiger partial charge on any atom is 0.0777 e. The van der Waals surface area contributed by atoms with Gasteiger partial charge in [0.2, 0.25) is 0 Å². The highest BCUT2D eigenvalue weighted by Gasteiger charge is 2.48. The van der Waals surface area contributed by atoms with E-state index >= 15 is 0 Å². The molecule has 2 rings (SSSR count). The van der Waals surface area contributed by atoms with Gasteiger partial charge < -0.3 is 10.5 Å². The van der Waals surface area contributed by atoms with Gasteiger partial charge in [-0.1, -0.05) is 20.8 Å². The van der Waals surface area contributed by atoms with Crippen LogP contribution in [-0.2, 0) is 4.74 Å². The lowest BCUT2D eigenvalue weighted by atomic mass is 9.63. The van der Waals surface area contributed by atoms with E-state index < -0.39 is 0 Å². The third kappa shape index (κ3) is 3.20. The molecule has 0 aromatic rings. The minimum atomic E-state index is 0.00521. The molecular formula is C17H34N2O. The number of piperidine rings is 1. The van der Waals surface area contributed by atoms with Gasteiger partial charge in [0, 0.05) is 25.7 Å². The summed E-state index contributed by atoms with van der Waals surface area (Å²) >= 11 is 0. The maximum atomic E-state index is 6.30. The zero-order chi connectivity index (χ0) is 15.0. The highest BCUT2D eigenvalue weighted by atomic mass is 16.5. The van der Waals surface area contributed by atoms with E-state index in [4.69, 9.17) is 10.5 Å². The molecule has 0 spiro atoms. The molecule has 2 N–H and O–H groups in total. The molecule has 3 unspecified atom stereocenters. The van der Waals surface area contributed by atoms with Gasteiger partial charge in [-0.3, -0.25) is 4.90 Å². The van der Waals surface area contributed by atoms with Crippen molar-refractivity contribution < 1.29 is 4.74 Å². The number of nitrogens with two attached hydrogens (primary N) is 1. The fourth-order valence-electron chi connectivity index (χ4n) is 5.00. The summed E-state index contributed by atoms with van der Waals surface area (Å²) in [5.74, 6) is 0.762. The smallest absolute Gasteiger partial charge is 0.0777 e. The molecular weight excluding hydrogens is 248 g/mol. The molecule has 0 radical (unpaired) electrons. The average Bonchev–Trinajstić information content (AvgIpc) is 2.36. The van der Waals surface area contributed by atoms with Gasteiger partial charge in [-0.05, 0) is 56.9 Å². The first-order chi connectivity index (χ1) is 9.24. The van der Waals surface area contributed by atoms with Gasteiger partial charge in [-0.2, -0.15) is 0 Å². The van der Waals surface area contributed by atoms with E-state index in [2.05, 4.69) is 32.6 Å². The zero-order valence-corrected chi connectivity index (χ0v) is 14.2. The predicted octanol–water partition coefficient (Wildman–Crippen LogP) is 3.03. The fraction of sp³-hybridized carbons (Fsp3) is 1.00. The van der Waals surface area contributed by atoms with E-state index in [-0.39, 0.29) is 11.1 Å². The van der Waals surface area contributed by atoms with Gasteiger partial charge in [0.1, 0.15) is 0 Å². The van der Waals surface area contributed by atoms with Crippen LogP contribution in [0, 0.1) is 11.3 Å². The second-order valence-electron chi connectivity index (χ2n) is 8.46. The maximum absolute atomic E-state index is 6.30. The van der Waals surface area contributed by atoms with Crippen LogP contribution in [0.4, 0.5) is 0 Å². The van der Waals surface area contributed by atoms with Crippen LogP contribution < -0.4 is 5.73 Å². The molecule has 1 saturated carbocycles. The molecule has 3 nitrogen and oxygen atoms in total. The number of likely N-dealkylation sites (tertiary alicyclic amines) is 1. The molecule has 2 aliphatic rings. The lowest BCUT2D eigenvalue weighted by molar-refractivity contribution is -0.103. The number of hydrogen-bond donors (Lipinski definition) is 1. The van der Waals surface area contributed by atoms with E-state index in [9.17, 15) is 0 Å². The molecule has 0 aromatic heterocycles. The lowest BCUT2D eigenvalue weighted by Gasteiger charge is -2.56. The molecule has 118 valence electrons. The van der Waals surface area contributed by atoms with Crippen LogP contribution in [0.3, 0.4) is 0 Å². The predicted molar refractivity (Wildman–Crippen MR) is 84.8 cm³/mol. The largest absolute Gasteiger partial charge is 0.377 e. The third-order valence-corrected chi connectivity index (χ3v) is 5.64. The number of rotatable bonds is 3. The van der Waals surface area contributed by atoms with Gasteiger partial charge >= 0.3 is 0 Å². The average molecular weight is 282 g/mol. The van der Waals surface area contributed by atoms with E-state index in [0.717, 1.165) is 19.0 Å². The summed E-state index contributed by atoms with van der Waals surface area (Å²) in [6, 6.07) is 0. The van der Waals surface area contributed by atoms with Crippen molar-refractivity contribution in [2.75, 3.05) is 26.7 Å². The van der Waals surface area contributed by atoms with Crippen LogP contribution in [0.5, 0.6) is 0 Å². The molecule has 1 aliphatic heterocycles. The Morgan fingerprint density at radius 1 is 1.25 bits per heavy atom. The number of methoxy groups -OCH3 is 1. The lowest BCUT2D eigenvalue weighted by Crippen LogP contribution is -2.64. The number of nitrogens with zero attached hydrogens (tertiary/aromatic N) is 1. The Hall–Kier alpha value is -0.120. The highest BCUT2D eigenvalue weighted by Crippen LogP contribution is 2.47. The van der Waals surface area contributed by atoms with Gasteiger partial charge in [0.15, 0.2) is 0 Å². The zero-order valence-electron chi connectivity index (χ0n) is 14.2. The first kappa shape index (κ1) is 16.3. The van der Waals surface area contributed by atoms with Crippen molar-refractivity contribution in [2.24, 2.45) is 17.1 Å². The summed E-state index contributed by atoms with van der Waals surface area (Å²) in [7, 11) is 1.85. The molecule has 0 bridgehead atoms. The summed E-state index contributed by atoms with van der Waals surface area (Å²) in [5, 5.41) is 0. The highest BCUT2D eigenvalue weighted by molar-refractivity contribution is 5.04. The van der Waals surface area contributed by atoms with Crippen LogP contribution in [0.25, 0.3) is 0 Å². The third-order valence-electron chi connectivity index (χ3n) is 5.64. The molecule has 2 fully saturated rings. The molecule has 20 heavy (non-hydrogen) atoms. The number of ether oxygens (including phenoxy) is 1. The van der Waals surface area contributed by atoms with E-state index in [1.165, 1.54) is 38.6 Å². The van der Waals surface area contributed by atoms with Gasteiger partial charge in [0.05, 0.1) is 5.60 Å². The standard InChI is InChI=1S/C17H34N2O/c1-14-9-15(2,3)11-17(10-14,12-18)19-8-6-7-16(4,13-19)20-5/h14H,6-13,18H2,1-5H3. The normalized spacial score (nSPS) is 42.6. The molecule has 0 aromatic carbocycles. The monoisotopic (exact) mass is 282 g/mol.